The van der Waals surface area contributed by atoms with Crippen LogP contribution in [0.1, 0.15) is 25.7 Å². The standard InChI is InChI=1S/C19H23N5O2/c20-10-16-2-1-6-24(16)18(25)13-23-7-3-15(4-8-23)22-17-12-21-11-14-5-9-26-19(14)17/h5,9,11-12,15-16,22H,1-4,6-8,13H2/t16-/m0/s1. The Morgan fingerprint density at radius 2 is 2.15 bits per heavy atom. The summed E-state index contributed by atoms with van der Waals surface area (Å²) in [5, 5.41) is 13.7. The van der Waals surface area contributed by atoms with Gasteiger partial charge >= 0.3 is 0 Å². The third-order valence-electron chi connectivity index (χ3n) is 5.39. The molecule has 7 heteroatoms. The number of likely N-dealkylation sites (tertiary alicyclic amines) is 2. The minimum absolute atomic E-state index is 0.0880. The Morgan fingerprint density at radius 3 is 2.96 bits per heavy atom. The maximum absolute atomic E-state index is 12.5. The van der Waals surface area contributed by atoms with Crippen molar-refractivity contribution in [1.82, 2.24) is 14.8 Å². The number of piperidine rings is 1. The van der Waals surface area contributed by atoms with E-state index in [2.05, 4.69) is 21.3 Å². The zero-order valence-corrected chi connectivity index (χ0v) is 14.7. The van der Waals surface area contributed by atoms with E-state index in [1.807, 2.05) is 6.07 Å². The summed E-state index contributed by atoms with van der Waals surface area (Å²) in [6.45, 7) is 2.88. The van der Waals surface area contributed by atoms with Crippen LogP contribution in [0.25, 0.3) is 11.0 Å². The molecular weight excluding hydrogens is 330 g/mol. The second-order valence-corrected chi connectivity index (χ2v) is 7.10. The van der Waals surface area contributed by atoms with Crippen LogP contribution in [0.15, 0.2) is 29.1 Å². The van der Waals surface area contributed by atoms with Gasteiger partial charge in [-0.1, -0.05) is 0 Å². The molecule has 7 nitrogen and oxygen atoms in total. The van der Waals surface area contributed by atoms with Crippen LogP contribution >= 0.6 is 0 Å². The molecule has 2 aliphatic heterocycles. The van der Waals surface area contributed by atoms with Crippen molar-refractivity contribution in [2.24, 2.45) is 0 Å². The fourth-order valence-corrected chi connectivity index (χ4v) is 3.93. The molecule has 4 rings (SSSR count). The van der Waals surface area contributed by atoms with Crippen molar-refractivity contribution < 1.29 is 9.21 Å². The second kappa shape index (κ2) is 7.34. The lowest BCUT2D eigenvalue weighted by Gasteiger charge is -2.33. The lowest BCUT2D eigenvalue weighted by Crippen LogP contribution is -2.46. The highest BCUT2D eigenvalue weighted by Crippen LogP contribution is 2.25. The van der Waals surface area contributed by atoms with Crippen LogP contribution in [0, 0.1) is 11.3 Å². The molecule has 1 atom stereocenters. The molecule has 0 aromatic carbocycles. The van der Waals surface area contributed by atoms with Crippen molar-refractivity contribution in [3.63, 3.8) is 0 Å². The summed E-state index contributed by atoms with van der Waals surface area (Å²) in [7, 11) is 0. The Balaban J connectivity index is 1.30. The van der Waals surface area contributed by atoms with E-state index in [4.69, 9.17) is 9.68 Å². The summed E-state index contributed by atoms with van der Waals surface area (Å²) in [4.78, 5) is 20.7. The molecule has 0 bridgehead atoms. The molecule has 0 unspecified atom stereocenters. The SMILES string of the molecule is N#C[C@@H]1CCCN1C(=O)CN1CCC(Nc2cncc3ccoc23)CC1. The van der Waals surface area contributed by atoms with Gasteiger partial charge < -0.3 is 14.6 Å². The number of rotatable bonds is 4. The summed E-state index contributed by atoms with van der Waals surface area (Å²) < 4.78 is 5.55. The Kier molecular flexibility index (Phi) is 4.76. The minimum atomic E-state index is -0.233. The van der Waals surface area contributed by atoms with Crippen LogP contribution in [0.3, 0.4) is 0 Å². The number of hydrogen-bond donors (Lipinski definition) is 1. The van der Waals surface area contributed by atoms with Gasteiger partial charge in [0.2, 0.25) is 5.91 Å². The third kappa shape index (κ3) is 3.37. The van der Waals surface area contributed by atoms with Gasteiger partial charge in [-0.15, -0.1) is 0 Å². The van der Waals surface area contributed by atoms with Gasteiger partial charge in [0.05, 0.1) is 30.8 Å². The number of anilines is 1. The lowest BCUT2D eigenvalue weighted by atomic mass is 10.0. The highest BCUT2D eigenvalue weighted by Gasteiger charge is 2.30. The van der Waals surface area contributed by atoms with E-state index >= 15 is 0 Å². The molecule has 1 N–H and O–H groups in total. The molecule has 2 saturated heterocycles. The fourth-order valence-electron chi connectivity index (χ4n) is 3.93. The predicted octanol–water partition coefficient (Wildman–Crippen LogP) is 2.22. The van der Waals surface area contributed by atoms with Crippen LogP contribution in [0.2, 0.25) is 0 Å². The highest BCUT2D eigenvalue weighted by molar-refractivity contribution is 5.87. The van der Waals surface area contributed by atoms with E-state index in [-0.39, 0.29) is 11.9 Å². The van der Waals surface area contributed by atoms with Crippen molar-refractivity contribution in [2.45, 2.75) is 37.8 Å². The lowest BCUT2D eigenvalue weighted by molar-refractivity contribution is -0.132. The average Bonchev–Trinajstić information content (AvgIpc) is 3.32. The van der Waals surface area contributed by atoms with Crippen LogP contribution in [-0.4, -0.2) is 59.0 Å². The topological polar surface area (TPSA) is 85.4 Å². The van der Waals surface area contributed by atoms with E-state index in [1.54, 1.807) is 23.6 Å². The summed E-state index contributed by atoms with van der Waals surface area (Å²) >= 11 is 0. The number of carbonyl (C=O) groups is 1. The van der Waals surface area contributed by atoms with E-state index in [9.17, 15) is 4.79 Å². The van der Waals surface area contributed by atoms with Gasteiger partial charge in [-0.25, -0.2) is 0 Å². The van der Waals surface area contributed by atoms with Crippen molar-refractivity contribution in [3.8, 4) is 6.07 Å². The van der Waals surface area contributed by atoms with Crippen molar-refractivity contribution in [2.75, 3.05) is 31.5 Å². The number of hydrogen-bond acceptors (Lipinski definition) is 6. The van der Waals surface area contributed by atoms with Gasteiger partial charge in [0, 0.05) is 37.3 Å². The third-order valence-corrected chi connectivity index (χ3v) is 5.39. The summed E-state index contributed by atoms with van der Waals surface area (Å²) in [5.74, 6) is 0.0880. The Morgan fingerprint density at radius 1 is 1.31 bits per heavy atom. The zero-order valence-electron chi connectivity index (χ0n) is 14.7. The van der Waals surface area contributed by atoms with E-state index in [1.165, 1.54) is 0 Å². The maximum Gasteiger partial charge on any atom is 0.237 e. The van der Waals surface area contributed by atoms with Gasteiger partial charge in [-0.05, 0) is 31.7 Å². The molecular formula is C19H23N5O2. The van der Waals surface area contributed by atoms with E-state index in [0.717, 1.165) is 62.0 Å². The Hall–Kier alpha value is -2.59. The number of nitrogens with one attached hydrogen (secondary N) is 1. The average molecular weight is 353 g/mol. The molecule has 2 aromatic heterocycles. The maximum atomic E-state index is 12.5. The normalized spacial score (nSPS) is 21.8. The second-order valence-electron chi connectivity index (χ2n) is 7.10. The smallest absolute Gasteiger partial charge is 0.237 e. The van der Waals surface area contributed by atoms with Gasteiger partial charge in [0.15, 0.2) is 5.58 Å². The highest BCUT2D eigenvalue weighted by atomic mass is 16.3. The van der Waals surface area contributed by atoms with Crippen molar-refractivity contribution >= 4 is 22.6 Å². The molecule has 2 fully saturated rings. The van der Waals surface area contributed by atoms with Crippen molar-refractivity contribution in [3.05, 3.63) is 24.7 Å². The Bertz CT molecular complexity index is 819. The molecule has 0 radical (unpaired) electrons. The summed E-state index contributed by atoms with van der Waals surface area (Å²) in [6.07, 6.45) is 8.95. The number of amides is 1. The molecule has 136 valence electrons. The van der Waals surface area contributed by atoms with E-state index in [0.29, 0.717) is 12.6 Å². The number of pyridine rings is 1. The number of fused-ring (bicyclic) bond motifs is 1. The van der Waals surface area contributed by atoms with Gasteiger partial charge in [0.25, 0.3) is 0 Å². The van der Waals surface area contributed by atoms with Gasteiger partial charge in [-0.3, -0.25) is 14.7 Å². The molecule has 0 spiro atoms. The summed E-state index contributed by atoms with van der Waals surface area (Å²) in [6, 6.07) is 4.26. The number of carbonyl (C=O) groups excluding carboxylic acids is 1. The van der Waals surface area contributed by atoms with Crippen molar-refractivity contribution in [1.29, 1.82) is 5.26 Å². The van der Waals surface area contributed by atoms with Gasteiger partial charge in [0.1, 0.15) is 6.04 Å². The van der Waals surface area contributed by atoms with Crippen LogP contribution in [0.5, 0.6) is 0 Å². The zero-order chi connectivity index (χ0) is 17.9. The first kappa shape index (κ1) is 16.9. The number of nitrogens with zero attached hydrogens (tertiary/aromatic N) is 4. The van der Waals surface area contributed by atoms with Crippen LogP contribution < -0.4 is 5.32 Å². The first-order valence-corrected chi connectivity index (χ1v) is 9.24. The molecule has 26 heavy (non-hydrogen) atoms. The molecule has 0 saturated carbocycles. The fraction of sp³-hybridized carbons (Fsp3) is 0.526. The van der Waals surface area contributed by atoms with Crippen LogP contribution in [-0.2, 0) is 4.79 Å². The Labute approximate surface area is 152 Å². The molecule has 2 aliphatic rings. The largest absolute Gasteiger partial charge is 0.462 e. The number of furan rings is 1. The van der Waals surface area contributed by atoms with Gasteiger partial charge in [-0.2, -0.15) is 5.26 Å². The first-order valence-electron chi connectivity index (χ1n) is 9.24. The minimum Gasteiger partial charge on any atom is -0.462 e. The predicted molar refractivity (Wildman–Crippen MR) is 97.4 cm³/mol. The molecule has 1 amide bonds. The monoisotopic (exact) mass is 353 g/mol. The number of nitriles is 1. The molecule has 2 aromatic rings. The number of aromatic nitrogens is 1. The quantitative estimate of drug-likeness (QED) is 0.907. The molecule has 0 aliphatic carbocycles. The first-order chi connectivity index (χ1) is 12.7. The summed E-state index contributed by atoms with van der Waals surface area (Å²) in [5.41, 5.74) is 1.77. The van der Waals surface area contributed by atoms with E-state index < -0.39 is 0 Å². The molecule has 4 heterocycles. The van der Waals surface area contributed by atoms with Crippen LogP contribution in [0.4, 0.5) is 5.69 Å².